The van der Waals surface area contributed by atoms with Gasteiger partial charge in [0.1, 0.15) is 17.3 Å². The molecule has 2 heterocycles. The molecule has 3 aromatic rings. The van der Waals surface area contributed by atoms with Crippen LogP contribution in [-0.2, 0) is 9.59 Å². The van der Waals surface area contributed by atoms with Crippen LogP contribution in [0.15, 0.2) is 84.6 Å². The molecule has 0 bridgehead atoms. The lowest BCUT2D eigenvalue weighted by Gasteiger charge is -2.38. The maximum atomic E-state index is 14.6. The second-order valence-corrected chi connectivity index (χ2v) is 8.13. The van der Waals surface area contributed by atoms with Gasteiger partial charge >= 0.3 is 0 Å². The van der Waals surface area contributed by atoms with Gasteiger partial charge in [-0.15, -0.1) is 0 Å². The van der Waals surface area contributed by atoms with Gasteiger partial charge in [0.05, 0.1) is 24.1 Å². The van der Waals surface area contributed by atoms with Crippen molar-refractivity contribution in [1.29, 1.82) is 0 Å². The molecular weight excluding hydrogens is 433 g/mol. The van der Waals surface area contributed by atoms with Gasteiger partial charge in [-0.3, -0.25) is 9.59 Å². The van der Waals surface area contributed by atoms with Crippen LogP contribution in [0.3, 0.4) is 0 Å². The van der Waals surface area contributed by atoms with Crippen LogP contribution >= 0.6 is 0 Å². The summed E-state index contributed by atoms with van der Waals surface area (Å²) in [6, 6.07) is 22.8. The number of hydrogen-bond acceptors (Lipinski definition) is 5. The third-order valence-corrected chi connectivity index (χ3v) is 6.24. The fourth-order valence-corrected chi connectivity index (χ4v) is 4.59. The van der Waals surface area contributed by atoms with E-state index in [9.17, 15) is 14.0 Å². The summed E-state index contributed by atoms with van der Waals surface area (Å²) in [4.78, 5) is 32.2. The van der Waals surface area contributed by atoms with Crippen LogP contribution in [0.5, 0.6) is 5.75 Å². The third-order valence-electron chi connectivity index (χ3n) is 6.24. The second kappa shape index (κ2) is 9.02. The maximum Gasteiger partial charge on any atom is 0.282 e. The number of ether oxygens (including phenoxy) is 1. The number of amides is 2. The Morgan fingerprint density at radius 2 is 1.29 bits per heavy atom. The van der Waals surface area contributed by atoms with Crippen LogP contribution in [0, 0.1) is 5.82 Å². The van der Waals surface area contributed by atoms with Crippen molar-refractivity contribution in [2.24, 2.45) is 0 Å². The highest BCUT2D eigenvalue weighted by molar-refractivity contribution is 6.45. The minimum absolute atomic E-state index is 0.0337. The molecule has 0 aromatic heterocycles. The van der Waals surface area contributed by atoms with E-state index in [0.717, 1.165) is 16.3 Å². The van der Waals surface area contributed by atoms with Crippen molar-refractivity contribution >= 4 is 28.8 Å². The van der Waals surface area contributed by atoms with E-state index in [1.54, 1.807) is 25.3 Å². The Morgan fingerprint density at radius 1 is 0.706 bits per heavy atom. The third kappa shape index (κ3) is 3.69. The van der Waals surface area contributed by atoms with Gasteiger partial charge in [-0.2, -0.15) is 0 Å². The van der Waals surface area contributed by atoms with Gasteiger partial charge in [0.25, 0.3) is 11.8 Å². The predicted octanol–water partition coefficient (Wildman–Crippen LogP) is 3.94. The Kier molecular flexibility index (Phi) is 5.76. The van der Waals surface area contributed by atoms with Crippen molar-refractivity contribution in [3.05, 3.63) is 95.9 Å². The fourth-order valence-electron chi connectivity index (χ4n) is 4.59. The number of imide groups is 1. The van der Waals surface area contributed by atoms with E-state index < -0.39 is 17.6 Å². The van der Waals surface area contributed by atoms with Crippen molar-refractivity contribution in [2.75, 3.05) is 43.1 Å². The van der Waals surface area contributed by atoms with Crippen molar-refractivity contribution in [1.82, 2.24) is 4.90 Å². The van der Waals surface area contributed by atoms with E-state index >= 15 is 0 Å². The van der Waals surface area contributed by atoms with Crippen LogP contribution in [0.2, 0.25) is 0 Å². The maximum absolute atomic E-state index is 14.6. The first-order chi connectivity index (χ1) is 16.6. The molecule has 2 aliphatic heterocycles. The first-order valence-electron chi connectivity index (χ1n) is 11.2. The Morgan fingerprint density at radius 3 is 1.97 bits per heavy atom. The highest BCUT2D eigenvalue weighted by Gasteiger charge is 2.43. The van der Waals surface area contributed by atoms with E-state index in [1.807, 2.05) is 47.4 Å². The van der Waals surface area contributed by atoms with E-state index in [0.29, 0.717) is 43.0 Å². The fraction of sp³-hybridized carbons (Fsp3) is 0.185. The van der Waals surface area contributed by atoms with Gasteiger partial charge in [-0.25, -0.2) is 9.29 Å². The van der Waals surface area contributed by atoms with Crippen molar-refractivity contribution in [3.63, 3.8) is 0 Å². The molecular formula is C27H24FN3O3. The standard InChI is InChI=1S/C27H24FN3O3/c1-34-23-14-8-7-13-22(23)29-15-17-30(18-16-29)25-24(19-9-3-2-4-10-19)26(32)31(27(25)33)21-12-6-5-11-20(21)28/h2-14H,15-18H2,1H3. The predicted molar refractivity (Wildman–Crippen MR) is 129 cm³/mol. The van der Waals surface area contributed by atoms with E-state index in [2.05, 4.69) is 4.90 Å². The number of methoxy groups -OCH3 is 1. The normalized spacial score (nSPS) is 16.5. The molecule has 0 saturated carbocycles. The highest BCUT2D eigenvalue weighted by atomic mass is 19.1. The van der Waals surface area contributed by atoms with Gasteiger partial charge in [-0.1, -0.05) is 54.6 Å². The van der Waals surface area contributed by atoms with E-state index in [4.69, 9.17) is 4.74 Å². The highest BCUT2D eigenvalue weighted by Crippen LogP contribution is 2.37. The summed E-state index contributed by atoms with van der Waals surface area (Å²) in [5, 5.41) is 0. The number of rotatable bonds is 5. The molecule has 2 aliphatic rings. The molecule has 2 amide bonds. The number of carbonyl (C=O) groups is 2. The molecule has 34 heavy (non-hydrogen) atoms. The summed E-state index contributed by atoms with van der Waals surface area (Å²) in [6.45, 7) is 2.36. The molecule has 6 nitrogen and oxygen atoms in total. The lowest BCUT2D eigenvalue weighted by atomic mass is 10.0. The van der Waals surface area contributed by atoms with Gasteiger partial charge < -0.3 is 14.5 Å². The van der Waals surface area contributed by atoms with Crippen molar-refractivity contribution in [2.45, 2.75) is 0 Å². The molecule has 3 aromatic carbocycles. The monoisotopic (exact) mass is 457 g/mol. The summed E-state index contributed by atoms with van der Waals surface area (Å²) in [5.41, 5.74) is 2.22. The molecule has 0 unspecified atom stereocenters. The lowest BCUT2D eigenvalue weighted by molar-refractivity contribution is -0.120. The zero-order chi connectivity index (χ0) is 23.7. The summed E-state index contributed by atoms with van der Waals surface area (Å²) in [5.74, 6) is -0.833. The van der Waals surface area contributed by atoms with Gasteiger partial charge in [0, 0.05) is 26.2 Å². The molecule has 0 aliphatic carbocycles. The van der Waals surface area contributed by atoms with Crippen LogP contribution in [-0.4, -0.2) is 50.0 Å². The van der Waals surface area contributed by atoms with Crippen LogP contribution in [0.4, 0.5) is 15.8 Å². The molecule has 0 spiro atoms. The largest absolute Gasteiger partial charge is 0.495 e. The van der Waals surface area contributed by atoms with Crippen LogP contribution in [0.1, 0.15) is 5.56 Å². The zero-order valence-corrected chi connectivity index (χ0v) is 18.8. The first-order valence-corrected chi connectivity index (χ1v) is 11.2. The number of hydrogen-bond donors (Lipinski definition) is 0. The summed E-state index contributed by atoms with van der Waals surface area (Å²) in [6.07, 6.45) is 0. The minimum atomic E-state index is -0.612. The summed E-state index contributed by atoms with van der Waals surface area (Å²) >= 11 is 0. The van der Waals surface area contributed by atoms with E-state index in [1.165, 1.54) is 18.2 Å². The zero-order valence-electron chi connectivity index (χ0n) is 18.8. The number of halogens is 1. The molecule has 172 valence electrons. The molecule has 0 atom stereocenters. The average Bonchev–Trinajstić information content (AvgIpc) is 3.14. The Labute approximate surface area is 197 Å². The molecule has 0 radical (unpaired) electrons. The molecule has 7 heteroatoms. The Bertz CT molecular complexity index is 1270. The summed E-state index contributed by atoms with van der Waals surface area (Å²) in [7, 11) is 1.64. The topological polar surface area (TPSA) is 53.1 Å². The molecule has 1 fully saturated rings. The Hall–Kier alpha value is -4.13. The van der Waals surface area contributed by atoms with Crippen LogP contribution < -0.4 is 14.5 Å². The van der Waals surface area contributed by atoms with Crippen molar-refractivity contribution in [3.8, 4) is 5.75 Å². The number of piperazine rings is 1. The molecule has 5 rings (SSSR count). The lowest BCUT2D eigenvalue weighted by Crippen LogP contribution is -2.47. The first kappa shape index (κ1) is 21.7. The number of carbonyl (C=O) groups excluding carboxylic acids is 2. The Balaban J connectivity index is 1.49. The van der Waals surface area contributed by atoms with Crippen LogP contribution in [0.25, 0.3) is 5.57 Å². The quantitative estimate of drug-likeness (QED) is 0.544. The SMILES string of the molecule is COc1ccccc1N1CCN(C2=C(c3ccccc3)C(=O)N(c3ccccc3F)C2=O)CC1. The number of benzene rings is 3. The van der Waals surface area contributed by atoms with Gasteiger partial charge in [0.15, 0.2) is 0 Å². The number of para-hydroxylation sites is 3. The number of nitrogens with zero attached hydrogens (tertiary/aromatic N) is 3. The average molecular weight is 458 g/mol. The smallest absolute Gasteiger partial charge is 0.282 e. The van der Waals surface area contributed by atoms with Crippen molar-refractivity contribution < 1.29 is 18.7 Å². The van der Waals surface area contributed by atoms with Gasteiger partial charge in [-0.05, 0) is 29.8 Å². The second-order valence-electron chi connectivity index (χ2n) is 8.13. The molecule has 1 saturated heterocycles. The van der Waals surface area contributed by atoms with E-state index in [-0.39, 0.29) is 5.69 Å². The minimum Gasteiger partial charge on any atom is -0.495 e. The number of anilines is 2. The van der Waals surface area contributed by atoms with Gasteiger partial charge in [0.2, 0.25) is 0 Å². The molecule has 0 N–H and O–H groups in total. The summed E-state index contributed by atoms with van der Waals surface area (Å²) < 4.78 is 20.1.